The van der Waals surface area contributed by atoms with Gasteiger partial charge in [-0.3, -0.25) is 24.5 Å². The van der Waals surface area contributed by atoms with Gasteiger partial charge in [-0.1, -0.05) is 37.1 Å². The molecule has 160 valence electrons. The van der Waals surface area contributed by atoms with Crippen molar-refractivity contribution in [2.24, 2.45) is 11.8 Å². The Morgan fingerprint density at radius 3 is 2.32 bits per heavy atom. The molecule has 1 saturated heterocycles. The number of nitro groups is 1. The van der Waals surface area contributed by atoms with Gasteiger partial charge in [0.1, 0.15) is 5.82 Å². The van der Waals surface area contributed by atoms with E-state index >= 15 is 0 Å². The molecule has 0 spiro atoms. The molecule has 0 unspecified atom stereocenters. The summed E-state index contributed by atoms with van der Waals surface area (Å²) in [5.41, 5.74) is -0.248. The molecule has 4 rings (SSSR count). The minimum absolute atomic E-state index is 0.0685. The zero-order valence-corrected chi connectivity index (χ0v) is 16.6. The first kappa shape index (κ1) is 20.6. The van der Waals surface area contributed by atoms with Gasteiger partial charge in [0.15, 0.2) is 0 Å². The van der Waals surface area contributed by atoms with Crippen LogP contribution in [0.4, 0.5) is 10.1 Å². The van der Waals surface area contributed by atoms with Crippen molar-refractivity contribution in [3.63, 3.8) is 0 Å². The quantitative estimate of drug-likeness (QED) is 0.415. The third kappa shape index (κ3) is 3.78. The van der Waals surface area contributed by atoms with E-state index in [0.717, 1.165) is 28.9 Å². The lowest BCUT2D eigenvalue weighted by Gasteiger charge is -2.30. The summed E-state index contributed by atoms with van der Waals surface area (Å²) >= 11 is 0. The average molecular weight is 425 g/mol. The van der Waals surface area contributed by atoms with E-state index in [2.05, 4.69) is 0 Å². The monoisotopic (exact) mass is 425 g/mol. The zero-order valence-electron chi connectivity index (χ0n) is 16.6. The third-order valence-electron chi connectivity index (χ3n) is 5.88. The van der Waals surface area contributed by atoms with Gasteiger partial charge >= 0.3 is 0 Å². The molecule has 0 radical (unpaired) electrons. The number of halogens is 1. The van der Waals surface area contributed by atoms with Gasteiger partial charge in [-0.25, -0.2) is 9.40 Å². The van der Waals surface area contributed by atoms with E-state index in [1.165, 1.54) is 36.4 Å². The van der Waals surface area contributed by atoms with Gasteiger partial charge in [-0.15, -0.1) is 0 Å². The van der Waals surface area contributed by atoms with E-state index in [9.17, 15) is 28.9 Å². The van der Waals surface area contributed by atoms with E-state index in [1.807, 2.05) is 0 Å². The normalized spacial score (nSPS) is 20.5. The van der Waals surface area contributed by atoms with Crippen LogP contribution in [-0.2, 0) is 16.1 Å². The number of amides is 3. The predicted octanol–water partition coefficient (Wildman–Crippen LogP) is 3.47. The second-order valence-electron chi connectivity index (χ2n) is 7.75. The van der Waals surface area contributed by atoms with Crippen LogP contribution in [0.3, 0.4) is 0 Å². The standard InChI is InChI=1S/C22H20FN3O5/c23-19-11-4-1-6-15(19)13-24(20(27)14-7-5-8-16(12-14)26(30)31)25-21(28)17-9-2-3-10-18(17)22(25)29/h1,4-8,11-12,17-18H,2-3,9-10,13H2/t17-,18+. The van der Waals surface area contributed by atoms with Crippen molar-refractivity contribution in [2.75, 3.05) is 0 Å². The molecule has 9 heteroatoms. The van der Waals surface area contributed by atoms with Gasteiger partial charge in [0.25, 0.3) is 23.4 Å². The largest absolute Gasteiger partial charge is 0.273 e. The number of nitro benzene ring substituents is 1. The molecule has 3 amide bonds. The van der Waals surface area contributed by atoms with Crippen molar-refractivity contribution >= 4 is 23.4 Å². The van der Waals surface area contributed by atoms with Crippen LogP contribution in [0.25, 0.3) is 0 Å². The molecule has 2 aliphatic rings. The summed E-state index contributed by atoms with van der Waals surface area (Å²) in [7, 11) is 0. The number of benzene rings is 2. The third-order valence-corrected chi connectivity index (χ3v) is 5.88. The molecule has 1 aliphatic carbocycles. The Morgan fingerprint density at radius 2 is 1.71 bits per heavy atom. The van der Waals surface area contributed by atoms with Crippen LogP contribution >= 0.6 is 0 Å². The van der Waals surface area contributed by atoms with Crippen molar-refractivity contribution < 1.29 is 23.7 Å². The molecule has 1 aliphatic heterocycles. The predicted molar refractivity (Wildman–Crippen MR) is 107 cm³/mol. The summed E-state index contributed by atoms with van der Waals surface area (Å²) in [5, 5.41) is 12.9. The number of imide groups is 1. The van der Waals surface area contributed by atoms with Crippen molar-refractivity contribution in [2.45, 2.75) is 32.2 Å². The molecule has 2 aromatic carbocycles. The number of nitrogens with zero attached hydrogens (tertiary/aromatic N) is 3. The zero-order chi connectivity index (χ0) is 22.1. The van der Waals surface area contributed by atoms with E-state index in [4.69, 9.17) is 0 Å². The summed E-state index contributed by atoms with van der Waals surface area (Å²) in [6, 6.07) is 10.8. The fraction of sp³-hybridized carbons (Fsp3) is 0.318. The Bertz CT molecular complexity index is 1050. The maximum Gasteiger partial charge on any atom is 0.273 e. The number of carbonyl (C=O) groups is 3. The number of carbonyl (C=O) groups excluding carboxylic acids is 3. The summed E-state index contributed by atoms with van der Waals surface area (Å²) in [4.78, 5) is 50.0. The number of rotatable bonds is 5. The molecule has 2 atom stereocenters. The molecule has 0 N–H and O–H groups in total. The van der Waals surface area contributed by atoms with Gasteiger partial charge in [0, 0.05) is 23.3 Å². The maximum absolute atomic E-state index is 14.3. The summed E-state index contributed by atoms with van der Waals surface area (Å²) in [6.45, 7) is -0.356. The van der Waals surface area contributed by atoms with Crippen LogP contribution in [0.1, 0.15) is 41.6 Å². The molecular weight excluding hydrogens is 405 g/mol. The highest BCUT2D eigenvalue weighted by molar-refractivity contribution is 6.07. The lowest BCUT2D eigenvalue weighted by atomic mass is 9.81. The molecular formula is C22H20FN3O5. The topological polar surface area (TPSA) is 101 Å². The van der Waals surface area contributed by atoms with Crippen LogP contribution in [0, 0.1) is 27.8 Å². The lowest BCUT2D eigenvalue weighted by Crippen LogP contribution is -2.50. The molecule has 31 heavy (non-hydrogen) atoms. The SMILES string of the molecule is O=C(c1cccc([N+](=O)[O-])c1)N(Cc1ccccc1F)N1C(=O)[C@H]2CCCC[C@H]2C1=O. The van der Waals surface area contributed by atoms with Crippen molar-refractivity contribution in [3.8, 4) is 0 Å². The van der Waals surface area contributed by atoms with Crippen LogP contribution < -0.4 is 0 Å². The van der Waals surface area contributed by atoms with Crippen LogP contribution in [0.2, 0.25) is 0 Å². The molecule has 1 heterocycles. The highest BCUT2D eigenvalue weighted by Gasteiger charge is 2.51. The Labute approximate surface area is 177 Å². The lowest BCUT2D eigenvalue weighted by molar-refractivity contribution is -0.384. The fourth-order valence-corrected chi connectivity index (χ4v) is 4.31. The number of hydrogen-bond donors (Lipinski definition) is 0. The van der Waals surface area contributed by atoms with Gasteiger partial charge in [0.2, 0.25) is 0 Å². The van der Waals surface area contributed by atoms with Gasteiger partial charge in [-0.05, 0) is 25.0 Å². The Balaban J connectivity index is 1.75. The number of non-ortho nitro benzene ring substituents is 1. The minimum atomic E-state index is -0.785. The van der Waals surface area contributed by atoms with E-state index in [1.54, 1.807) is 6.07 Å². The molecule has 8 nitrogen and oxygen atoms in total. The Kier molecular flexibility index (Phi) is 5.50. The summed E-state index contributed by atoms with van der Waals surface area (Å²) in [5.74, 6) is -3.33. The first-order valence-electron chi connectivity index (χ1n) is 10.1. The van der Waals surface area contributed by atoms with Crippen LogP contribution in [0.15, 0.2) is 48.5 Å². The van der Waals surface area contributed by atoms with Gasteiger partial charge < -0.3 is 0 Å². The molecule has 2 fully saturated rings. The molecule has 0 aromatic heterocycles. The number of hydrazine groups is 1. The Hall–Kier alpha value is -3.62. The van der Waals surface area contributed by atoms with Crippen molar-refractivity contribution in [1.82, 2.24) is 10.0 Å². The summed E-state index contributed by atoms with van der Waals surface area (Å²) in [6.07, 6.45) is 2.76. The fourth-order valence-electron chi connectivity index (χ4n) is 4.31. The van der Waals surface area contributed by atoms with Crippen molar-refractivity contribution in [1.29, 1.82) is 0 Å². The highest BCUT2D eigenvalue weighted by atomic mass is 19.1. The summed E-state index contributed by atoms with van der Waals surface area (Å²) < 4.78 is 14.3. The second kappa shape index (κ2) is 8.25. The first-order chi connectivity index (χ1) is 14.9. The smallest absolute Gasteiger partial charge is 0.272 e. The molecule has 0 bridgehead atoms. The van der Waals surface area contributed by atoms with Gasteiger partial charge in [-0.2, -0.15) is 5.01 Å². The van der Waals surface area contributed by atoms with Crippen molar-refractivity contribution in [3.05, 3.63) is 75.6 Å². The van der Waals surface area contributed by atoms with E-state index < -0.39 is 40.3 Å². The highest BCUT2D eigenvalue weighted by Crippen LogP contribution is 2.39. The molecule has 1 saturated carbocycles. The van der Waals surface area contributed by atoms with E-state index in [0.29, 0.717) is 12.8 Å². The van der Waals surface area contributed by atoms with Crippen LogP contribution in [0.5, 0.6) is 0 Å². The number of fused-ring (bicyclic) bond motifs is 1. The maximum atomic E-state index is 14.3. The second-order valence-corrected chi connectivity index (χ2v) is 7.75. The molecule has 2 aromatic rings. The van der Waals surface area contributed by atoms with Gasteiger partial charge in [0.05, 0.1) is 23.3 Å². The van der Waals surface area contributed by atoms with Crippen LogP contribution in [-0.4, -0.2) is 32.7 Å². The van der Waals surface area contributed by atoms with E-state index in [-0.39, 0.29) is 23.4 Å². The number of hydrogen-bond acceptors (Lipinski definition) is 5. The average Bonchev–Trinajstić information content (AvgIpc) is 3.03. The first-order valence-corrected chi connectivity index (χ1v) is 10.1. The minimum Gasteiger partial charge on any atom is -0.272 e. The Morgan fingerprint density at radius 1 is 1.06 bits per heavy atom.